The van der Waals surface area contributed by atoms with Crippen LogP contribution < -0.4 is 15.4 Å². The fourth-order valence-electron chi connectivity index (χ4n) is 2.52. The van der Waals surface area contributed by atoms with Gasteiger partial charge in [0.1, 0.15) is 12.4 Å². The van der Waals surface area contributed by atoms with E-state index in [0.717, 1.165) is 44.1 Å². The van der Waals surface area contributed by atoms with Gasteiger partial charge in [-0.25, -0.2) is 0 Å². The Hall–Kier alpha value is -1.52. The summed E-state index contributed by atoms with van der Waals surface area (Å²) in [4.78, 5) is 1.44. The molecule has 1 aliphatic heterocycles. The predicted octanol–water partition coefficient (Wildman–Crippen LogP) is 3.40. The maximum atomic E-state index is 5.79. The summed E-state index contributed by atoms with van der Waals surface area (Å²) in [6, 6.07) is 8.51. The van der Waals surface area contributed by atoms with Crippen molar-refractivity contribution in [3.63, 3.8) is 0 Å². The molecule has 20 heavy (non-hydrogen) atoms. The van der Waals surface area contributed by atoms with Crippen molar-refractivity contribution in [1.82, 2.24) is 5.32 Å². The standard InChI is InChI=1S/C16H20N2OS/c1-2-12-6-9-20-15(12)11-17-10-13-4-3-5-14-16(13)19-8-7-18-14/h3-6,9,17-18H,2,7-8,10-11H2,1H3. The lowest BCUT2D eigenvalue weighted by Gasteiger charge is -2.21. The molecule has 4 heteroatoms. The summed E-state index contributed by atoms with van der Waals surface area (Å²) >= 11 is 1.83. The minimum absolute atomic E-state index is 0.745. The highest BCUT2D eigenvalue weighted by Crippen LogP contribution is 2.31. The van der Waals surface area contributed by atoms with E-state index in [2.05, 4.69) is 47.2 Å². The van der Waals surface area contributed by atoms with Gasteiger partial charge < -0.3 is 15.4 Å². The number of rotatable bonds is 5. The second-order valence-electron chi connectivity index (χ2n) is 4.90. The minimum Gasteiger partial charge on any atom is -0.489 e. The molecule has 1 aliphatic rings. The second-order valence-corrected chi connectivity index (χ2v) is 5.90. The number of anilines is 1. The highest BCUT2D eigenvalue weighted by molar-refractivity contribution is 7.10. The Balaban J connectivity index is 1.64. The molecule has 1 aromatic carbocycles. The van der Waals surface area contributed by atoms with Crippen LogP contribution in [0.2, 0.25) is 0 Å². The first-order valence-electron chi connectivity index (χ1n) is 7.13. The summed E-state index contributed by atoms with van der Waals surface area (Å²) in [5, 5.41) is 9.08. The zero-order valence-electron chi connectivity index (χ0n) is 11.7. The molecule has 0 fully saturated rings. The Kier molecular flexibility index (Phi) is 4.23. The van der Waals surface area contributed by atoms with Crippen LogP contribution in [-0.2, 0) is 19.5 Å². The monoisotopic (exact) mass is 288 g/mol. The van der Waals surface area contributed by atoms with Crippen LogP contribution in [0.4, 0.5) is 5.69 Å². The summed E-state index contributed by atoms with van der Waals surface area (Å²) in [5.74, 6) is 1.01. The normalized spacial score (nSPS) is 13.4. The lowest BCUT2D eigenvalue weighted by Crippen LogP contribution is -2.21. The van der Waals surface area contributed by atoms with Crippen molar-refractivity contribution in [2.75, 3.05) is 18.5 Å². The molecule has 3 rings (SSSR count). The highest BCUT2D eigenvalue weighted by Gasteiger charge is 2.13. The van der Waals surface area contributed by atoms with Crippen LogP contribution in [0, 0.1) is 0 Å². The van der Waals surface area contributed by atoms with Crippen molar-refractivity contribution in [2.24, 2.45) is 0 Å². The molecular formula is C16H20N2OS. The number of aryl methyl sites for hydroxylation is 1. The zero-order chi connectivity index (χ0) is 13.8. The van der Waals surface area contributed by atoms with Gasteiger partial charge in [-0.3, -0.25) is 0 Å². The lowest BCUT2D eigenvalue weighted by atomic mass is 10.1. The van der Waals surface area contributed by atoms with Crippen molar-refractivity contribution < 1.29 is 4.74 Å². The van der Waals surface area contributed by atoms with Gasteiger partial charge in [0, 0.05) is 30.1 Å². The smallest absolute Gasteiger partial charge is 0.146 e. The van der Waals surface area contributed by atoms with Crippen LogP contribution in [0.3, 0.4) is 0 Å². The highest BCUT2D eigenvalue weighted by atomic mass is 32.1. The van der Waals surface area contributed by atoms with Crippen molar-refractivity contribution >= 4 is 17.0 Å². The predicted molar refractivity (Wildman–Crippen MR) is 84.7 cm³/mol. The maximum absolute atomic E-state index is 5.79. The van der Waals surface area contributed by atoms with Gasteiger partial charge in [0.15, 0.2) is 0 Å². The van der Waals surface area contributed by atoms with Gasteiger partial charge in [0.2, 0.25) is 0 Å². The van der Waals surface area contributed by atoms with Gasteiger partial charge in [-0.2, -0.15) is 0 Å². The van der Waals surface area contributed by atoms with E-state index < -0.39 is 0 Å². The third kappa shape index (κ3) is 2.81. The first-order chi connectivity index (χ1) is 9.88. The lowest BCUT2D eigenvalue weighted by molar-refractivity contribution is 0.319. The van der Waals surface area contributed by atoms with Gasteiger partial charge in [-0.1, -0.05) is 19.1 Å². The third-order valence-electron chi connectivity index (χ3n) is 3.58. The van der Waals surface area contributed by atoms with E-state index in [4.69, 9.17) is 4.74 Å². The molecule has 0 aliphatic carbocycles. The molecule has 0 unspecified atom stereocenters. The third-order valence-corrected chi connectivity index (χ3v) is 4.54. The van der Waals surface area contributed by atoms with Crippen molar-refractivity contribution in [3.8, 4) is 5.75 Å². The molecule has 0 spiro atoms. The summed E-state index contributed by atoms with van der Waals surface area (Å²) in [5.41, 5.74) is 3.79. The van der Waals surface area contributed by atoms with Crippen molar-refractivity contribution in [1.29, 1.82) is 0 Å². The largest absolute Gasteiger partial charge is 0.489 e. The Morgan fingerprint density at radius 1 is 1.25 bits per heavy atom. The number of benzene rings is 1. The van der Waals surface area contributed by atoms with Gasteiger partial charge in [-0.05, 0) is 29.5 Å². The van der Waals surface area contributed by atoms with E-state index in [1.165, 1.54) is 16.0 Å². The number of hydrogen-bond acceptors (Lipinski definition) is 4. The van der Waals surface area contributed by atoms with E-state index >= 15 is 0 Å². The molecule has 106 valence electrons. The summed E-state index contributed by atoms with van der Waals surface area (Å²) < 4.78 is 5.79. The number of para-hydroxylation sites is 1. The first kappa shape index (κ1) is 13.5. The number of ether oxygens (including phenoxy) is 1. The molecule has 2 aromatic rings. The van der Waals surface area contributed by atoms with Crippen LogP contribution >= 0.6 is 11.3 Å². The molecule has 1 aromatic heterocycles. The minimum atomic E-state index is 0.745. The quantitative estimate of drug-likeness (QED) is 0.884. The molecule has 2 N–H and O–H groups in total. The topological polar surface area (TPSA) is 33.3 Å². The Bertz CT molecular complexity index is 580. The van der Waals surface area contributed by atoms with E-state index in [1.807, 2.05) is 11.3 Å². The van der Waals surface area contributed by atoms with Crippen molar-refractivity contribution in [2.45, 2.75) is 26.4 Å². The number of fused-ring (bicyclic) bond motifs is 1. The van der Waals surface area contributed by atoms with E-state index in [1.54, 1.807) is 0 Å². The van der Waals surface area contributed by atoms with Crippen molar-refractivity contribution in [3.05, 3.63) is 45.6 Å². The number of thiophene rings is 1. The molecule has 0 saturated heterocycles. The average molecular weight is 288 g/mol. The Labute approximate surface area is 124 Å². The Morgan fingerprint density at radius 3 is 3.10 bits per heavy atom. The first-order valence-corrected chi connectivity index (χ1v) is 8.01. The van der Waals surface area contributed by atoms with E-state index in [-0.39, 0.29) is 0 Å². The van der Waals surface area contributed by atoms with E-state index in [0.29, 0.717) is 0 Å². The van der Waals surface area contributed by atoms with Crippen LogP contribution in [0.15, 0.2) is 29.6 Å². The van der Waals surface area contributed by atoms with E-state index in [9.17, 15) is 0 Å². The summed E-state index contributed by atoms with van der Waals surface area (Å²) in [6.45, 7) is 5.61. The average Bonchev–Trinajstić information content (AvgIpc) is 2.95. The fourth-order valence-corrected chi connectivity index (χ4v) is 3.47. The van der Waals surface area contributed by atoms with Gasteiger partial charge in [0.25, 0.3) is 0 Å². The molecular weight excluding hydrogens is 268 g/mol. The number of hydrogen-bond donors (Lipinski definition) is 2. The summed E-state index contributed by atoms with van der Waals surface area (Å²) in [6.07, 6.45) is 1.11. The van der Waals surface area contributed by atoms with Gasteiger partial charge in [0.05, 0.1) is 5.69 Å². The summed E-state index contributed by atoms with van der Waals surface area (Å²) in [7, 11) is 0. The maximum Gasteiger partial charge on any atom is 0.146 e. The molecule has 0 saturated carbocycles. The zero-order valence-corrected chi connectivity index (χ0v) is 12.6. The molecule has 0 amide bonds. The Morgan fingerprint density at radius 2 is 2.20 bits per heavy atom. The fraction of sp³-hybridized carbons (Fsp3) is 0.375. The van der Waals surface area contributed by atoms with Gasteiger partial charge >= 0.3 is 0 Å². The second kappa shape index (κ2) is 6.29. The van der Waals surface area contributed by atoms with Crippen LogP contribution in [0.25, 0.3) is 0 Å². The molecule has 3 nitrogen and oxygen atoms in total. The van der Waals surface area contributed by atoms with Crippen LogP contribution in [0.1, 0.15) is 22.9 Å². The molecule has 0 atom stereocenters. The number of nitrogens with one attached hydrogen (secondary N) is 2. The molecule has 0 bridgehead atoms. The molecule has 2 heterocycles. The SMILES string of the molecule is CCc1ccsc1CNCc1cccc2c1OCCN2. The van der Waals surface area contributed by atoms with Crippen LogP contribution in [-0.4, -0.2) is 13.2 Å². The van der Waals surface area contributed by atoms with Gasteiger partial charge in [-0.15, -0.1) is 11.3 Å². The molecule has 0 radical (unpaired) electrons. The van der Waals surface area contributed by atoms with Crippen LogP contribution in [0.5, 0.6) is 5.75 Å².